The van der Waals surface area contributed by atoms with Crippen LogP contribution in [-0.2, 0) is 4.79 Å². The van der Waals surface area contributed by atoms with E-state index in [1.54, 1.807) is 0 Å². The first kappa shape index (κ1) is 15.4. The zero-order chi connectivity index (χ0) is 17.2. The lowest BCUT2D eigenvalue weighted by Gasteiger charge is -2.26. The topological polar surface area (TPSA) is 49.1 Å². The summed E-state index contributed by atoms with van der Waals surface area (Å²) in [7, 11) is 0. The predicted molar refractivity (Wildman–Crippen MR) is 99.2 cm³/mol. The minimum absolute atomic E-state index is 0.184. The maximum atomic E-state index is 12.4. The minimum atomic E-state index is -0.184. The number of amides is 1. The molecule has 2 aliphatic heterocycles. The van der Waals surface area contributed by atoms with Crippen LogP contribution < -0.4 is 15.1 Å². The van der Waals surface area contributed by atoms with Crippen LogP contribution in [0.15, 0.2) is 83.8 Å². The van der Waals surface area contributed by atoms with Crippen LogP contribution in [0.4, 0.5) is 11.4 Å². The summed E-state index contributed by atoms with van der Waals surface area (Å²) in [6, 6.07) is 17.8. The molecule has 25 heavy (non-hydrogen) atoms. The Kier molecular flexibility index (Phi) is 3.91. The molecule has 0 saturated carbocycles. The van der Waals surface area contributed by atoms with Crippen molar-refractivity contribution in [1.82, 2.24) is 0 Å². The van der Waals surface area contributed by atoms with Gasteiger partial charge in [-0.2, -0.15) is 4.99 Å². The van der Waals surface area contributed by atoms with Gasteiger partial charge in [0.2, 0.25) is 5.84 Å². The van der Waals surface area contributed by atoms with E-state index < -0.39 is 0 Å². The normalized spacial score (nSPS) is 18.4. The first-order chi connectivity index (χ1) is 12.2. The van der Waals surface area contributed by atoms with Gasteiger partial charge in [-0.1, -0.05) is 30.3 Å². The van der Waals surface area contributed by atoms with Crippen molar-refractivity contribution in [2.75, 3.05) is 16.9 Å². The van der Waals surface area contributed by atoms with Gasteiger partial charge in [0.05, 0.1) is 0 Å². The van der Waals surface area contributed by atoms with Crippen molar-refractivity contribution < 1.29 is 9.69 Å². The summed E-state index contributed by atoms with van der Waals surface area (Å²) in [6.07, 6.45) is 5.85. The Hall–Kier alpha value is -3.18. The number of quaternary nitrogens is 1. The second kappa shape index (κ2) is 6.37. The molecule has 0 bridgehead atoms. The van der Waals surface area contributed by atoms with Gasteiger partial charge in [-0.25, -0.2) is 4.90 Å². The Morgan fingerprint density at radius 3 is 2.80 bits per heavy atom. The lowest BCUT2D eigenvalue weighted by Crippen LogP contribution is -3.11. The third-order valence-electron chi connectivity index (χ3n) is 4.23. The van der Waals surface area contributed by atoms with Gasteiger partial charge in [-0.3, -0.25) is 9.69 Å². The first-order valence-corrected chi connectivity index (χ1v) is 8.23. The first-order valence-electron chi connectivity index (χ1n) is 8.23. The van der Waals surface area contributed by atoms with E-state index in [2.05, 4.69) is 46.4 Å². The third-order valence-corrected chi connectivity index (χ3v) is 4.23. The van der Waals surface area contributed by atoms with E-state index in [9.17, 15) is 4.79 Å². The molecule has 0 aliphatic carbocycles. The molecule has 0 spiro atoms. The van der Waals surface area contributed by atoms with Crippen molar-refractivity contribution in [3.05, 3.63) is 84.3 Å². The molecule has 5 nitrogen and oxygen atoms in total. The number of carbonyl (C=O) groups is 1. The lowest BCUT2D eigenvalue weighted by molar-refractivity contribution is -0.742. The Balaban J connectivity index is 1.50. The van der Waals surface area contributed by atoms with E-state index >= 15 is 0 Å². The summed E-state index contributed by atoms with van der Waals surface area (Å²) in [5, 5.41) is 2.88. The summed E-state index contributed by atoms with van der Waals surface area (Å²) in [5.41, 5.74) is 3.58. The van der Waals surface area contributed by atoms with Gasteiger partial charge < -0.3 is 5.32 Å². The molecular weight excluding hydrogens is 312 g/mol. The van der Waals surface area contributed by atoms with Crippen LogP contribution in [-0.4, -0.2) is 18.4 Å². The molecule has 2 aliphatic rings. The van der Waals surface area contributed by atoms with E-state index in [0.717, 1.165) is 22.1 Å². The molecule has 1 amide bonds. The molecule has 2 aromatic rings. The Morgan fingerprint density at radius 1 is 1.16 bits per heavy atom. The highest BCUT2D eigenvalue weighted by Crippen LogP contribution is 2.17. The fourth-order valence-electron chi connectivity index (χ4n) is 2.96. The number of aliphatic imine (C=N–C) groups is 1. The standard InChI is InChI=1S/C20H18N4O/c1-15-6-5-9-17(12-15)23-11-10-19-22-18(13-24(19)14-23)20(25)21-16-7-3-2-4-8-16/h2-13H,14H2,1H3,(H,21,25)/p+1. The molecule has 0 fully saturated rings. The van der Waals surface area contributed by atoms with Crippen LogP contribution in [0.3, 0.4) is 0 Å². The highest BCUT2D eigenvalue weighted by atomic mass is 16.2. The number of benzene rings is 2. The number of para-hydroxylation sites is 1. The van der Waals surface area contributed by atoms with Crippen molar-refractivity contribution in [1.29, 1.82) is 0 Å². The number of rotatable bonds is 3. The SMILES string of the molecule is Cc1cccc(N2C=CC3=NC(C(=O)Nc4ccccc4)=C[NH+]3C2)c1. The van der Waals surface area contributed by atoms with Crippen molar-refractivity contribution in [2.24, 2.45) is 4.99 Å². The summed E-state index contributed by atoms with van der Waals surface area (Å²) in [6.45, 7) is 2.79. The monoisotopic (exact) mass is 331 g/mol. The maximum Gasteiger partial charge on any atom is 0.280 e. The van der Waals surface area contributed by atoms with Crippen molar-refractivity contribution >= 4 is 23.1 Å². The van der Waals surface area contributed by atoms with Gasteiger partial charge in [-0.15, -0.1) is 0 Å². The number of anilines is 2. The number of hydrogen-bond acceptors (Lipinski definition) is 3. The number of hydrogen-bond donors (Lipinski definition) is 2. The number of fused-ring (bicyclic) bond motifs is 1. The number of amidine groups is 1. The molecule has 0 saturated heterocycles. The van der Waals surface area contributed by atoms with Crippen LogP contribution in [0.25, 0.3) is 0 Å². The summed E-state index contributed by atoms with van der Waals surface area (Å²) in [4.78, 5) is 20.1. The molecule has 0 aromatic heterocycles. The molecular formula is C20H19N4O+. The predicted octanol–water partition coefficient (Wildman–Crippen LogP) is 2.06. The molecule has 0 radical (unpaired) electrons. The van der Waals surface area contributed by atoms with Crippen LogP contribution in [0, 0.1) is 6.92 Å². The number of aryl methyl sites for hydroxylation is 1. The molecule has 1 atom stereocenters. The summed E-state index contributed by atoms with van der Waals surface area (Å²) >= 11 is 0. The minimum Gasteiger partial charge on any atom is -0.320 e. The van der Waals surface area contributed by atoms with Crippen LogP contribution in [0.5, 0.6) is 0 Å². The van der Waals surface area contributed by atoms with E-state index in [1.807, 2.05) is 48.8 Å². The zero-order valence-electron chi connectivity index (χ0n) is 13.9. The van der Waals surface area contributed by atoms with Crippen molar-refractivity contribution in [2.45, 2.75) is 6.92 Å². The number of nitrogens with one attached hydrogen (secondary N) is 2. The van der Waals surface area contributed by atoms with Gasteiger partial charge in [0.25, 0.3) is 5.91 Å². The molecule has 4 rings (SSSR count). The van der Waals surface area contributed by atoms with Crippen molar-refractivity contribution in [3.8, 4) is 0 Å². The lowest BCUT2D eigenvalue weighted by atomic mass is 10.2. The maximum absolute atomic E-state index is 12.4. The number of nitrogens with zero attached hydrogens (tertiary/aromatic N) is 2. The second-order valence-electron chi connectivity index (χ2n) is 6.15. The molecule has 124 valence electrons. The van der Waals surface area contributed by atoms with Crippen LogP contribution >= 0.6 is 0 Å². The Labute approximate surface area is 146 Å². The molecule has 5 heteroatoms. The van der Waals surface area contributed by atoms with Gasteiger partial charge >= 0.3 is 0 Å². The van der Waals surface area contributed by atoms with Gasteiger partial charge in [0.15, 0.2) is 12.4 Å². The summed E-state index contributed by atoms with van der Waals surface area (Å²) < 4.78 is 0. The average molecular weight is 331 g/mol. The molecule has 2 N–H and O–H groups in total. The van der Waals surface area contributed by atoms with Crippen LogP contribution in [0.2, 0.25) is 0 Å². The smallest absolute Gasteiger partial charge is 0.280 e. The second-order valence-corrected chi connectivity index (χ2v) is 6.15. The fourth-order valence-corrected chi connectivity index (χ4v) is 2.96. The molecule has 1 unspecified atom stereocenters. The largest absolute Gasteiger partial charge is 0.320 e. The zero-order valence-corrected chi connectivity index (χ0v) is 13.9. The third kappa shape index (κ3) is 3.22. The Bertz CT molecular complexity index is 899. The quantitative estimate of drug-likeness (QED) is 0.904. The highest BCUT2D eigenvalue weighted by Gasteiger charge is 2.30. The van der Waals surface area contributed by atoms with Crippen molar-refractivity contribution in [3.63, 3.8) is 0 Å². The number of carbonyl (C=O) groups excluding carboxylic acids is 1. The van der Waals surface area contributed by atoms with Gasteiger partial charge in [0, 0.05) is 23.7 Å². The average Bonchev–Trinajstić information content (AvgIpc) is 3.06. The molecule has 2 heterocycles. The van der Waals surface area contributed by atoms with Crippen LogP contribution in [0.1, 0.15) is 5.56 Å². The van der Waals surface area contributed by atoms with E-state index in [-0.39, 0.29) is 5.91 Å². The van der Waals surface area contributed by atoms with Gasteiger partial charge in [0.1, 0.15) is 6.20 Å². The molecule has 2 aromatic carbocycles. The highest BCUT2D eigenvalue weighted by molar-refractivity contribution is 6.06. The Morgan fingerprint density at radius 2 is 2.00 bits per heavy atom. The fraction of sp³-hybridized carbons (Fsp3) is 0.100. The van der Waals surface area contributed by atoms with E-state index in [0.29, 0.717) is 12.4 Å². The van der Waals surface area contributed by atoms with E-state index in [1.165, 1.54) is 5.56 Å². The van der Waals surface area contributed by atoms with Gasteiger partial charge in [-0.05, 0) is 36.8 Å². The summed E-state index contributed by atoms with van der Waals surface area (Å²) in [5.74, 6) is 0.679. The van der Waals surface area contributed by atoms with E-state index in [4.69, 9.17) is 0 Å².